The van der Waals surface area contributed by atoms with Crippen molar-refractivity contribution in [1.82, 2.24) is 0 Å². The summed E-state index contributed by atoms with van der Waals surface area (Å²) in [5.74, 6) is -0.192. The van der Waals surface area contributed by atoms with Crippen LogP contribution in [0.5, 0.6) is 0 Å². The van der Waals surface area contributed by atoms with Gasteiger partial charge in [0.15, 0.2) is 0 Å². The van der Waals surface area contributed by atoms with Crippen LogP contribution in [0.2, 0.25) is 0 Å². The highest BCUT2D eigenvalue weighted by molar-refractivity contribution is 5.80. The lowest BCUT2D eigenvalue weighted by molar-refractivity contribution is -0.151. The number of esters is 1. The Kier molecular flexibility index (Phi) is 2.96. The Morgan fingerprint density at radius 3 is 1.96 bits per heavy atom. The van der Waals surface area contributed by atoms with Crippen molar-refractivity contribution in [1.29, 1.82) is 0 Å². The van der Waals surface area contributed by atoms with Gasteiger partial charge in [-0.1, -0.05) is 62.4 Å². The average molecular weight is 306 g/mol. The van der Waals surface area contributed by atoms with Gasteiger partial charge in [-0.15, -0.1) is 0 Å². The fourth-order valence-electron chi connectivity index (χ4n) is 4.89. The van der Waals surface area contributed by atoms with E-state index in [0.717, 1.165) is 6.42 Å². The van der Waals surface area contributed by atoms with Crippen molar-refractivity contribution in [3.05, 3.63) is 70.8 Å². The summed E-state index contributed by atoms with van der Waals surface area (Å²) in [7, 11) is 0. The zero-order valence-electron chi connectivity index (χ0n) is 13.9. The first-order valence-electron chi connectivity index (χ1n) is 8.40. The van der Waals surface area contributed by atoms with Crippen LogP contribution in [0.1, 0.15) is 49.4 Å². The first kappa shape index (κ1) is 14.5. The molecule has 23 heavy (non-hydrogen) atoms. The molecule has 2 aromatic carbocycles. The number of carbonyl (C=O) groups excluding carboxylic acids is 1. The zero-order valence-corrected chi connectivity index (χ0v) is 13.9. The van der Waals surface area contributed by atoms with Crippen LogP contribution < -0.4 is 0 Å². The molecule has 0 amide bonds. The molecule has 0 fully saturated rings. The number of fused-ring (bicyclic) bond motifs is 1. The normalized spacial score (nSPS) is 30.5. The highest BCUT2D eigenvalue weighted by Crippen LogP contribution is 2.61. The third-order valence-corrected chi connectivity index (χ3v) is 6.04. The highest BCUT2D eigenvalue weighted by Gasteiger charge is 2.58. The Balaban J connectivity index is 2.03. The van der Waals surface area contributed by atoms with Gasteiger partial charge in [-0.05, 0) is 35.6 Å². The van der Waals surface area contributed by atoms with Crippen LogP contribution in [-0.2, 0) is 20.4 Å². The van der Waals surface area contributed by atoms with E-state index in [1.54, 1.807) is 0 Å². The molecular formula is C21H22O2. The van der Waals surface area contributed by atoms with Crippen LogP contribution in [0, 0.1) is 5.92 Å². The van der Waals surface area contributed by atoms with Crippen LogP contribution in [0.3, 0.4) is 0 Å². The summed E-state index contributed by atoms with van der Waals surface area (Å²) in [6.07, 6.45) is 0.816. The minimum Gasteiger partial charge on any atom is -0.466 e. The number of carbonyl (C=O) groups is 1. The van der Waals surface area contributed by atoms with Crippen molar-refractivity contribution in [2.24, 2.45) is 5.92 Å². The Bertz CT molecular complexity index is 742. The van der Waals surface area contributed by atoms with E-state index in [9.17, 15) is 4.79 Å². The molecule has 0 aromatic heterocycles. The molecule has 5 rings (SSSR count). The van der Waals surface area contributed by atoms with Crippen molar-refractivity contribution in [3.8, 4) is 0 Å². The van der Waals surface area contributed by atoms with Crippen LogP contribution in [0.25, 0.3) is 0 Å². The summed E-state index contributed by atoms with van der Waals surface area (Å²) in [6.45, 7) is 6.80. The second kappa shape index (κ2) is 4.70. The lowest BCUT2D eigenvalue weighted by atomic mass is 9.46. The summed E-state index contributed by atoms with van der Waals surface area (Å²) in [5, 5.41) is 0. The molecule has 0 heterocycles. The molecule has 1 atom stereocenters. The van der Waals surface area contributed by atoms with E-state index >= 15 is 0 Å². The minimum atomic E-state index is -0.308. The number of hydrogen-bond acceptors (Lipinski definition) is 2. The molecule has 2 heteroatoms. The molecule has 0 N–H and O–H groups in total. The first-order valence-corrected chi connectivity index (χ1v) is 8.40. The summed E-state index contributed by atoms with van der Waals surface area (Å²) < 4.78 is 5.44. The average Bonchev–Trinajstić information content (AvgIpc) is 2.58. The maximum atomic E-state index is 12.7. The second-order valence-corrected chi connectivity index (χ2v) is 7.13. The monoisotopic (exact) mass is 306 g/mol. The SMILES string of the molecule is CCOC(=O)[C@@H]1CC2(C)c3ccccc3C1(C)c1ccccc12. The van der Waals surface area contributed by atoms with Gasteiger partial charge in [-0.2, -0.15) is 0 Å². The van der Waals surface area contributed by atoms with E-state index in [2.05, 4.69) is 62.4 Å². The predicted octanol–water partition coefficient (Wildman–Crippen LogP) is 4.20. The topological polar surface area (TPSA) is 26.3 Å². The molecule has 3 aliphatic rings. The van der Waals surface area contributed by atoms with Crippen molar-refractivity contribution in [3.63, 3.8) is 0 Å². The molecule has 0 unspecified atom stereocenters. The second-order valence-electron chi connectivity index (χ2n) is 7.13. The maximum Gasteiger partial charge on any atom is 0.310 e. The molecule has 118 valence electrons. The van der Waals surface area contributed by atoms with E-state index in [1.165, 1.54) is 22.3 Å². The van der Waals surface area contributed by atoms with Gasteiger partial charge < -0.3 is 4.74 Å². The van der Waals surface area contributed by atoms with Gasteiger partial charge in [-0.25, -0.2) is 0 Å². The summed E-state index contributed by atoms with van der Waals surface area (Å²) in [6, 6.07) is 17.2. The summed E-state index contributed by atoms with van der Waals surface area (Å²) in [5.41, 5.74) is 4.86. The van der Waals surface area contributed by atoms with E-state index in [4.69, 9.17) is 4.74 Å². The molecule has 0 radical (unpaired) electrons. The first-order chi connectivity index (χ1) is 11.0. The Hall–Kier alpha value is -2.09. The number of hydrogen-bond donors (Lipinski definition) is 0. The Labute approximate surface area is 137 Å². The minimum absolute atomic E-state index is 0.0646. The smallest absolute Gasteiger partial charge is 0.310 e. The fourth-order valence-corrected chi connectivity index (χ4v) is 4.89. The number of ether oxygens (including phenoxy) is 1. The highest BCUT2D eigenvalue weighted by atomic mass is 16.5. The van der Waals surface area contributed by atoms with E-state index < -0.39 is 0 Å². The molecule has 0 saturated heterocycles. The van der Waals surface area contributed by atoms with Gasteiger partial charge >= 0.3 is 5.97 Å². The van der Waals surface area contributed by atoms with Crippen LogP contribution in [-0.4, -0.2) is 12.6 Å². The van der Waals surface area contributed by atoms with Gasteiger partial charge in [0.25, 0.3) is 0 Å². The Morgan fingerprint density at radius 2 is 1.48 bits per heavy atom. The lowest BCUT2D eigenvalue weighted by Crippen LogP contribution is -2.54. The predicted molar refractivity (Wildman–Crippen MR) is 90.5 cm³/mol. The van der Waals surface area contributed by atoms with Gasteiger partial charge in [0.2, 0.25) is 0 Å². The van der Waals surface area contributed by atoms with Gasteiger partial charge in [0, 0.05) is 10.8 Å². The molecular weight excluding hydrogens is 284 g/mol. The number of rotatable bonds is 2. The van der Waals surface area contributed by atoms with Gasteiger partial charge in [0.05, 0.1) is 12.5 Å². The molecule has 2 nitrogen and oxygen atoms in total. The van der Waals surface area contributed by atoms with Crippen molar-refractivity contribution in [2.45, 2.75) is 38.0 Å². The van der Waals surface area contributed by atoms with Gasteiger partial charge in [-0.3, -0.25) is 4.79 Å². The quantitative estimate of drug-likeness (QED) is 0.778. The summed E-state index contributed by atoms with van der Waals surface area (Å²) in [4.78, 5) is 12.7. The van der Waals surface area contributed by atoms with E-state index in [-0.39, 0.29) is 22.7 Å². The molecule has 0 aliphatic heterocycles. The largest absolute Gasteiger partial charge is 0.466 e. The number of benzene rings is 2. The molecule has 2 aromatic rings. The molecule has 3 aliphatic carbocycles. The summed E-state index contributed by atoms with van der Waals surface area (Å²) >= 11 is 0. The third-order valence-electron chi connectivity index (χ3n) is 6.04. The molecule has 0 spiro atoms. The van der Waals surface area contributed by atoms with Gasteiger partial charge in [0.1, 0.15) is 0 Å². The van der Waals surface area contributed by atoms with Crippen molar-refractivity contribution in [2.75, 3.05) is 6.61 Å². The van der Waals surface area contributed by atoms with E-state index in [0.29, 0.717) is 6.61 Å². The molecule has 0 saturated carbocycles. The van der Waals surface area contributed by atoms with Crippen LogP contribution in [0.15, 0.2) is 48.5 Å². The van der Waals surface area contributed by atoms with Crippen LogP contribution >= 0.6 is 0 Å². The molecule has 2 bridgehead atoms. The van der Waals surface area contributed by atoms with Crippen molar-refractivity contribution >= 4 is 5.97 Å². The third kappa shape index (κ3) is 1.67. The zero-order chi connectivity index (χ0) is 16.2. The standard InChI is InChI=1S/C21H22O2/c1-4-23-19(22)18-13-20(2)14-9-5-7-11-16(14)21(18,3)17-12-8-6-10-15(17)20/h5-12,18H,4,13H2,1-3H3/t18-,20?,21?/m0/s1. The Morgan fingerprint density at radius 1 is 1.00 bits per heavy atom. The van der Waals surface area contributed by atoms with Crippen molar-refractivity contribution < 1.29 is 9.53 Å². The van der Waals surface area contributed by atoms with Crippen LogP contribution in [0.4, 0.5) is 0 Å². The maximum absolute atomic E-state index is 12.7. The van der Waals surface area contributed by atoms with E-state index in [1.807, 2.05) is 6.92 Å². The fraction of sp³-hybridized carbons (Fsp3) is 0.381. The lowest BCUT2D eigenvalue weighted by Gasteiger charge is -2.56.